The summed E-state index contributed by atoms with van der Waals surface area (Å²) in [5.74, 6) is -9.77. The van der Waals surface area contributed by atoms with Crippen molar-refractivity contribution < 1.29 is 31.9 Å². The highest BCUT2D eigenvalue weighted by Gasteiger charge is 2.63. The molecule has 12 heteroatoms. The zero-order chi connectivity index (χ0) is 23.3. The van der Waals surface area contributed by atoms with Gasteiger partial charge in [0.15, 0.2) is 5.16 Å². The predicted molar refractivity (Wildman–Crippen MR) is 108 cm³/mol. The number of anilines is 1. The number of aryl methyl sites for hydroxylation is 1. The molecule has 0 atom stereocenters. The van der Waals surface area contributed by atoms with Crippen molar-refractivity contribution in [2.75, 3.05) is 18.0 Å². The summed E-state index contributed by atoms with van der Waals surface area (Å²) < 4.78 is 70.1. The van der Waals surface area contributed by atoms with Gasteiger partial charge in [-0.1, -0.05) is 23.9 Å². The molecule has 3 heterocycles. The lowest BCUT2D eigenvalue weighted by Crippen LogP contribution is -2.38. The van der Waals surface area contributed by atoms with Gasteiger partial charge in [0.2, 0.25) is 0 Å². The second-order valence-electron chi connectivity index (χ2n) is 7.56. The minimum absolute atomic E-state index is 0.0493. The smallest absolute Gasteiger partial charge is 0.329 e. The maximum atomic E-state index is 13.8. The lowest BCUT2D eigenvalue weighted by molar-refractivity contribution is -0.172. The molecule has 1 fully saturated rings. The Morgan fingerprint density at radius 2 is 1.91 bits per heavy atom. The van der Waals surface area contributed by atoms with Crippen LogP contribution in [0.25, 0.3) is 11.0 Å². The van der Waals surface area contributed by atoms with E-state index in [2.05, 4.69) is 9.97 Å². The van der Waals surface area contributed by atoms with Gasteiger partial charge in [-0.05, 0) is 17.2 Å². The van der Waals surface area contributed by atoms with Crippen molar-refractivity contribution in [3.63, 3.8) is 0 Å². The highest BCUT2D eigenvalue weighted by Crippen LogP contribution is 2.44. The van der Waals surface area contributed by atoms with E-state index in [4.69, 9.17) is 5.11 Å². The molecule has 1 aliphatic rings. The van der Waals surface area contributed by atoms with Crippen molar-refractivity contribution in [2.24, 2.45) is 7.05 Å². The summed E-state index contributed by atoms with van der Waals surface area (Å²) in [6, 6.07) is 4.13. The Labute approximate surface area is 183 Å². The van der Waals surface area contributed by atoms with Gasteiger partial charge in [0.25, 0.3) is 0 Å². The van der Waals surface area contributed by atoms with Gasteiger partial charge >= 0.3 is 17.8 Å². The first-order valence-electron chi connectivity index (χ1n) is 9.41. The topological polar surface area (TPSA) is 71.2 Å². The third-order valence-corrected chi connectivity index (χ3v) is 6.09. The molecular formula is C20H17F5N4O2S. The summed E-state index contributed by atoms with van der Waals surface area (Å²) in [4.78, 5) is 20.4. The van der Waals surface area contributed by atoms with Crippen molar-refractivity contribution in [3.8, 4) is 0 Å². The van der Waals surface area contributed by atoms with Gasteiger partial charge in [0, 0.05) is 19.0 Å². The number of aliphatic carboxylic acids is 1. The van der Waals surface area contributed by atoms with Crippen LogP contribution in [0, 0.1) is 5.82 Å². The number of hydrogen-bond acceptors (Lipinski definition) is 5. The zero-order valence-electron chi connectivity index (χ0n) is 16.7. The molecule has 32 heavy (non-hydrogen) atoms. The van der Waals surface area contributed by atoms with Crippen LogP contribution in [0.1, 0.15) is 11.1 Å². The van der Waals surface area contributed by atoms with Crippen LogP contribution in [0.5, 0.6) is 0 Å². The number of fused-ring (bicyclic) bond motifs is 1. The van der Waals surface area contributed by atoms with Gasteiger partial charge < -0.3 is 14.6 Å². The quantitative estimate of drug-likeness (QED) is 0.331. The lowest BCUT2D eigenvalue weighted by atomic mass is 10.1. The van der Waals surface area contributed by atoms with Crippen LogP contribution in [0.2, 0.25) is 0 Å². The molecule has 0 saturated carbocycles. The van der Waals surface area contributed by atoms with E-state index in [-0.39, 0.29) is 21.9 Å². The first-order valence-corrected chi connectivity index (χ1v) is 10.4. The standard InChI is InChI=1S/C20H17F5N4O2S/c1-28-7-15(29-9-19(22,23)20(24,25)10-29)17-14(28)6-26-18(27-17)32-8-11-2-3-13(21)12(4-11)5-16(30)31/h2-4,6-7H,5,8-10H2,1H3,(H,30,31). The number of halogens is 5. The number of hydrogen-bond donors (Lipinski definition) is 1. The summed E-state index contributed by atoms with van der Waals surface area (Å²) in [6.45, 7) is -2.24. The number of benzene rings is 1. The van der Waals surface area contributed by atoms with Crippen molar-refractivity contribution in [1.82, 2.24) is 14.5 Å². The largest absolute Gasteiger partial charge is 0.481 e. The number of rotatable bonds is 6. The number of carboxylic acids is 1. The summed E-state index contributed by atoms with van der Waals surface area (Å²) in [6.07, 6.45) is 2.48. The molecule has 0 amide bonds. The molecule has 1 aliphatic heterocycles. The fourth-order valence-electron chi connectivity index (χ4n) is 3.52. The van der Waals surface area contributed by atoms with Crippen molar-refractivity contribution >= 4 is 34.5 Å². The van der Waals surface area contributed by atoms with Crippen LogP contribution in [0.4, 0.5) is 27.6 Å². The fourth-order valence-corrected chi connectivity index (χ4v) is 4.28. The molecule has 0 unspecified atom stereocenters. The molecule has 6 nitrogen and oxygen atoms in total. The fraction of sp³-hybridized carbons (Fsp3) is 0.350. The molecule has 0 spiro atoms. The average Bonchev–Trinajstić information content (AvgIpc) is 3.14. The Morgan fingerprint density at radius 3 is 2.56 bits per heavy atom. The number of carboxylic acid groups (broad SMARTS) is 1. The molecule has 1 saturated heterocycles. The summed E-state index contributed by atoms with van der Waals surface area (Å²) in [5.41, 5.74) is 1.61. The average molecular weight is 472 g/mol. The minimum atomic E-state index is -4.14. The normalized spacial score (nSPS) is 17.2. The van der Waals surface area contributed by atoms with E-state index >= 15 is 0 Å². The van der Waals surface area contributed by atoms with Crippen molar-refractivity contribution in [3.05, 3.63) is 47.5 Å². The monoisotopic (exact) mass is 472 g/mol. The van der Waals surface area contributed by atoms with E-state index in [1.807, 2.05) is 0 Å². The Hall–Kier alpha value is -2.89. The summed E-state index contributed by atoms with van der Waals surface area (Å²) in [7, 11) is 1.64. The molecule has 0 bridgehead atoms. The van der Waals surface area contributed by atoms with E-state index < -0.39 is 43.1 Å². The van der Waals surface area contributed by atoms with Gasteiger partial charge in [-0.2, -0.15) is 17.6 Å². The van der Waals surface area contributed by atoms with Gasteiger partial charge in [-0.25, -0.2) is 14.4 Å². The first-order chi connectivity index (χ1) is 15.0. The van der Waals surface area contributed by atoms with Gasteiger partial charge in [0.1, 0.15) is 11.3 Å². The number of carbonyl (C=O) groups is 1. The molecule has 1 aromatic carbocycles. The van der Waals surface area contributed by atoms with E-state index in [1.54, 1.807) is 11.6 Å². The Morgan fingerprint density at radius 1 is 1.22 bits per heavy atom. The minimum Gasteiger partial charge on any atom is -0.481 e. The third kappa shape index (κ3) is 4.10. The Bertz CT molecular complexity index is 1180. The highest BCUT2D eigenvalue weighted by atomic mass is 32.2. The molecule has 0 aliphatic carbocycles. The van der Waals surface area contributed by atoms with Crippen LogP contribution in [-0.2, 0) is 24.0 Å². The molecular weight excluding hydrogens is 455 g/mol. The molecule has 4 rings (SSSR count). The second kappa shape index (κ2) is 7.91. The SMILES string of the molecule is Cn1cc(N2CC(F)(F)C(F)(F)C2)c2nc(SCc3ccc(F)c(CC(=O)O)c3)ncc21. The highest BCUT2D eigenvalue weighted by molar-refractivity contribution is 7.98. The molecule has 0 radical (unpaired) electrons. The third-order valence-electron chi connectivity index (χ3n) is 5.16. The Kier molecular flexibility index (Phi) is 5.51. The lowest BCUT2D eigenvalue weighted by Gasteiger charge is -2.15. The molecule has 3 aromatic rings. The van der Waals surface area contributed by atoms with Gasteiger partial charge in [-0.3, -0.25) is 4.79 Å². The van der Waals surface area contributed by atoms with E-state index in [0.717, 1.165) is 4.90 Å². The molecule has 170 valence electrons. The van der Waals surface area contributed by atoms with Crippen molar-refractivity contribution in [1.29, 1.82) is 0 Å². The summed E-state index contributed by atoms with van der Waals surface area (Å²) in [5, 5.41) is 9.15. The molecule has 2 aromatic heterocycles. The van der Waals surface area contributed by atoms with Crippen LogP contribution >= 0.6 is 11.8 Å². The van der Waals surface area contributed by atoms with Crippen molar-refractivity contribution in [2.45, 2.75) is 29.2 Å². The number of aromatic nitrogens is 3. The van der Waals surface area contributed by atoms with Gasteiger partial charge in [0.05, 0.1) is 36.9 Å². The molecule has 1 N–H and O–H groups in total. The number of nitrogens with zero attached hydrogens (tertiary/aromatic N) is 4. The maximum absolute atomic E-state index is 13.8. The first kappa shape index (κ1) is 22.3. The van der Waals surface area contributed by atoms with Crippen LogP contribution in [0.15, 0.2) is 35.7 Å². The number of thioether (sulfide) groups is 1. The van der Waals surface area contributed by atoms with E-state index in [9.17, 15) is 26.7 Å². The predicted octanol–water partition coefficient (Wildman–Crippen LogP) is 4.12. The van der Waals surface area contributed by atoms with Crippen LogP contribution < -0.4 is 4.90 Å². The maximum Gasteiger partial charge on any atom is 0.329 e. The summed E-state index contributed by atoms with van der Waals surface area (Å²) >= 11 is 1.17. The Balaban J connectivity index is 1.58. The van der Waals surface area contributed by atoms with Gasteiger partial charge in [-0.15, -0.1) is 0 Å². The second-order valence-corrected chi connectivity index (χ2v) is 8.50. The zero-order valence-corrected chi connectivity index (χ0v) is 17.5. The van der Waals surface area contributed by atoms with Crippen LogP contribution in [-0.4, -0.2) is 50.5 Å². The van der Waals surface area contributed by atoms with Crippen LogP contribution in [0.3, 0.4) is 0 Å². The van der Waals surface area contributed by atoms with E-state index in [1.165, 1.54) is 42.4 Å². The number of alkyl halides is 4. The van der Waals surface area contributed by atoms with E-state index in [0.29, 0.717) is 16.8 Å².